The second kappa shape index (κ2) is 3.92. The quantitative estimate of drug-likeness (QED) is 0.623. The first-order valence-corrected chi connectivity index (χ1v) is 5.14. The Morgan fingerprint density at radius 1 is 1.50 bits per heavy atom. The molecule has 0 radical (unpaired) electrons. The number of nitro groups is 1. The molecule has 0 bridgehead atoms. The molecule has 1 fully saturated rings. The van der Waals surface area contributed by atoms with Crippen molar-refractivity contribution in [3.05, 3.63) is 39.4 Å². The minimum atomic E-state index is -0.519. The number of nitro benzene ring substituents is 1. The summed E-state index contributed by atoms with van der Waals surface area (Å²) in [6.45, 7) is 1.76. The van der Waals surface area contributed by atoms with Crippen molar-refractivity contribution in [2.45, 2.75) is 25.8 Å². The first-order valence-electron chi connectivity index (χ1n) is 5.14. The summed E-state index contributed by atoms with van der Waals surface area (Å²) in [5.41, 5.74) is 0.787. The third-order valence-electron chi connectivity index (χ3n) is 2.51. The van der Waals surface area contributed by atoms with E-state index >= 15 is 0 Å². The zero-order valence-electron chi connectivity index (χ0n) is 8.90. The summed E-state index contributed by atoms with van der Waals surface area (Å²) in [7, 11) is 0. The molecule has 5 heteroatoms. The highest BCUT2D eigenvalue weighted by Gasteiger charge is 2.27. The molecule has 1 saturated carbocycles. The average molecular weight is 220 g/mol. The Morgan fingerprint density at radius 2 is 2.19 bits per heavy atom. The third-order valence-corrected chi connectivity index (χ3v) is 2.51. The Hall–Kier alpha value is -1.91. The molecule has 1 aliphatic rings. The largest absolute Gasteiger partial charge is 0.349 e. The van der Waals surface area contributed by atoms with E-state index < -0.39 is 4.92 Å². The normalized spacial score (nSPS) is 14.6. The Morgan fingerprint density at radius 3 is 2.75 bits per heavy atom. The molecule has 0 heterocycles. The van der Waals surface area contributed by atoms with Crippen molar-refractivity contribution in [3.8, 4) is 0 Å². The number of nitrogens with one attached hydrogen (secondary N) is 1. The average Bonchev–Trinajstić information content (AvgIpc) is 3.01. The molecule has 0 aliphatic heterocycles. The Kier molecular flexibility index (Phi) is 2.60. The fraction of sp³-hybridized carbons (Fsp3) is 0.364. The molecular formula is C11H12N2O3. The van der Waals surface area contributed by atoms with E-state index in [-0.39, 0.29) is 23.2 Å². The molecule has 1 amide bonds. The van der Waals surface area contributed by atoms with Gasteiger partial charge in [-0.3, -0.25) is 14.9 Å². The number of nitrogens with zero attached hydrogens (tertiary/aromatic N) is 1. The molecule has 1 aromatic carbocycles. The molecule has 0 aromatic heterocycles. The topological polar surface area (TPSA) is 72.2 Å². The number of benzene rings is 1. The van der Waals surface area contributed by atoms with Crippen molar-refractivity contribution < 1.29 is 9.72 Å². The summed E-state index contributed by atoms with van der Waals surface area (Å²) < 4.78 is 0. The maximum atomic E-state index is 11.7. The van der Waals surface area contributed by atoms with Gasteiger partial charge in [-0.2, -0.15) is 0 Å². The second-order valence-electron chi connectivity index (χ2n) is 4.03. The number of amides is 1. The Bertz CT molecular complexity index is 453. The van der Waals surface area contributed by atoms with Gasteiger partial charge in [0.25, 0.3) is 11.6 Å². The third kappa shape index (κ3) is 2.18. The summed E-state index contributed by atoms with van der Waals surface area (Å²) in [6, 6.07) is 4.83. The highest BCUT2D eigenvalue weighted by Crippen LogP contribution is 2.23. The van der Waals surface area contributed by atoms with Gasteiger partial charge in [-0.05, 0) is 31.4 Å². The van der Waals surface area contributed by atoms with Crippen LogP contribution in [-0.4, -0.2) is 16.9 Å². The van der Waals surface area contributed by atoms with Crippen LogP contribution in [0.4, 0.5) is 5.69 Å². The summed E-state index contributed by atoms with van der Waals surface area (Å²) in [5, 5.41) is 13.5. The summed E-state index contributed by atoms with van der Waals surface area (Å²) in [4.78, 5) is 22.0. The molecule has 0 saturated heterocycles. The highest BCUT2D eigenvalue weighted by atomic mass is 16.6. The zero-order valence-corrected chi connectivity index (χ0v) is 8.90. The van der Waals surface area contributed by atoms with Crippen molar-refractivity contribution in [2.24, 2.45) is 0 Å². The van der Waals surface area contributed by atoms with Crippen molar-refractivity contribution in [1.29, 1.82) is 0 Å². The SMILES string of the molecule is Cc1ccc(C(=O)NC2CC2)c([N+](=O)[O-])c1. The van der Waals surface area contributed by atoms with Crippen LogP contribution in [0.5, 0.6) is 0 Å². The monoisotopic (exact) mass is 220 g/mol. The Balaban J connectivity index is 2.30. The van der Waals surface area contributed by atoms with E-state index in [1.54, 1.807) is 13.0 Å². The highest BCUT2D eigenvalue weighted by molar-refractivity contribution is 5.98. The fourth-order valence-electron chi connectivity index (χ4n) is 1.48. The van der Waals surface area contributed by atoms with Gasteiger partial charge in [-0.1, -0.05) is 6.07 Å². The number of carbonyl (C=O) groups is 1. The lowest BCUT2D eigenvalue weighted by Gasteiger charge is -2.04. The van der Waals surface area contributed by atoms with Crippen LogP contribution >= 0.6 is 0 Å². The first-order chi connectivity index (χ1) is 7.58. The molecule has 1 aromatic rings. The summed E-state index contributed by atoms with van der Waals surface area (Å²) >= 11 is 0. The standard InChI is InChI=1S/C11H12N2O3/c1-7-2-5-9(10(6-7)13(15)16)11(14)12-8-3-4-8/h2,5-6,8H,3-4H2,1H3,(H,12,14). The van der Waals surface area contributed by atoms with E-state index in [2.05, 4.69) is 5.32 Å². The number of hydrogen-bond acceptors (Lipinski definition) is 3. The number of carbonyl (C=O) groups excluding carboxylic acids is 1. The van der Waals surface area contributed by atoms with Gasteiger partial charge >= 0.3 is 0 Å². The second-order valence-corrected chi connectivity index (χ2v) is 4.03. The van der Waals surface area contributed by atoms with Gasteiger partial charge in [0.1, 0.15) is 5.56 Å². The maximum absolute atomic E-state index is 11.7. The van der Waals surface area contributed by atoms with E-state index in [1.807, 2.05) is 0 Å². The predicted octanol–water partition coefficient (Wildman–Crippen LogP) is 1.80. The van der Waals surface area contributed by atoms with Crippen LogP contribution in [-0.2, 0) is 0 Å². The minimum Gasteiger partial charge on any atom is -0.349 e. The van der Waals surface area contributed by atoms with Gasteiger partial charge in [-0.25, -0.2) is 0 Å². The van der Waals surface area contributed by atoms with E-state index in [1.165, 1.54) is 12.1 Å². The van der Waals surface area contributed by atoms with E-state index in [0.717, 1.165) is 18.4 Å². The molecule has 1 N–H and O–H groups in total. The van der Waals surface area contributed by atoms with Gasteiger partial charge in [0.15, 0.2) is 0 Å². The minimum absolute atomic E-state index is 0.127. The van der Waals surface area contributed by atoms with Gasteiger partial charge in [0, 0.05) is 12.1 Å². The molecular weight excluding hydrogens is 208 g/mol. The number of hydrogen-bond donors (Lipinski definition) is 1. The van der Waals surface area contributed by atoms with Crippen LogP contribution < -0.4 is 5.32 Å². The molecule has 84 valence electrons. The van der Waals surface area contributed by atoms with Crippen molar-refractivity contribution >= 4 is 11.6 Å². The first kappa shape index (κ1) is 10.6. The molecule has 5 nitrogen and oxygen atoms in total. The summed E-state index contributed by atoms with van der Waals surface area (Å²) in [5.74, 6) is -0.353. The predicted molar refractivity (Wildman–Crippen MR) is 58.3 cm³/mol. The molecule has 0 unspecified atom stereocenters. The molecule has 1 aliphatic carbocycles. The molecule has 0 spiro atoms. The fourth-order valence-corrected chi connectivity index (χ4v) is 1.48. The van der Waals surface area contributed by atoms with Gasteiger partial charge in [0.2, 0.25) is 0 Å². The van der Waals surface area contributed by atoms with Gasteiger partial charge in [-0.15, -0.1) is 0 Å². The zero-order chi connectivity index (χ0) is 11.7. The van der Waals surface area contributed by atoms with Crippen LogP contribution in [0, 0.1) is 17.0 Å². The number of rotatable bonds is 3. The van der Waals surface area contributed by atoms with Crippen molar-refractivity contribution in [1.82, 2.24) is 5.32 Å². The van der Waals surface area contributed by atoms with Crippen LogP contribution in [0.2, 0.25) is 0 Å². The van der Waals surface area contributed by atoms with Crippen LogP contribution in [0.15, 0.2) is 18.2 Å². The Labute approximate surface area is 92.6 Å². The van der Waals surface area contributed by atoms with Crippen molar-refractivity contribution in [3.63, 3.8) is 0 Å². The van der Waals surface area contributed by atoms with Crippen LogP contribution in [0.1, 0.15) is 28.8 Å². The molecule has 2 rings (SSSR count). The van der Waals surface area contributed by atoms with Crippen LogP contribution in [0.3, 0.4) is 0 Å². The molecule has 0 atom stereocenters. The van der Waals surface area contributed by atoms with E-state index in [4.69, 9.17) is 0 Å². The molecule has 16 heavy (non-hydrogen) atoms. The lowest BCUT2D eigenvalue weighted by molar-refractivity contribution is -0.385. The van der Waals surface area contributed by atoms with Crippen molar-refractivity contribution in [2.75, 3.05) is 0 Å². The lowest BCUT2D eigenvalue weighted by atomic mass is 10.1. The van der Waals surface area contributed by atoms with E-state index in [0.29, 0.717) is 0 Å². The maximum Gasteiger partial charge on any atom is 0.282 e. The summed E-state index contributed by atoms with van der Waals surface area (Å²) in [6.07, 6.45) is 1.93. The lowest BCUT2D eigenvalue weighted by Crippen LogP contribution is -2.26. The smallest absolute Gasteiger partial charge is 0.282 e. The number of aryl methyl sites for hydroxylation is 1. The van der Waals surface area contributed by atoms with E-state index in [9.17, 15) is 14.9 Å². The van der Waals surface area contributed by atoms with Gasteiger partial charge in [0.05, 0.1) is 4.92 Å². The van der Waals surface area contributed by atoms with Crippen LogP contribution in [0.25, 0.3) is 0 Å². The van der Waals surface area contributed by atoms with Gasteiger partial charge < -0.3 is 5.32 Å².